The Bertz CT molecular complexity index is 562. The van der Waals surface area contributed by atoms with Crippen molar-refractivity contribution in [2.45, 2.75) is 20.3 Å². The van der Waals surface area contributed by atoms with Crippen LogP contribution >= 0.6 is 27.3 Å². The van der Waals surface area contributed by atoms with Crippen LogP contribution in [0.4, 0.5) is 0 Å². The van der Waals surface area contributed by atoms with Crippen LogP contribution in [0.25, 0.3) is 0 Å². The lowest BCUT2D eigenvalue weighted by molar-refractivity contribution is 0.0996. The van der Waals surface area contributed by atoms with Gasteiger partial charge in [0.05, 0.1) is 15.6 Å². The SMILES string of the molecule is Cc1nc(C)c(C(=O)Cc2ccccc2Br)s1. The molecule has 0 bridgehead atoms. The molecule has 0 radical (unpaired) electrons. The van der Waals surface area contributed by atoms with Crippen LogP contribution in [-0.2, 0) is 6.42 Å². The molecule has 4 heteroatoms. The predicted octanol–water partition coefficient (Wildman–Crippen LogP) is 3.95. The van der Waals surface area contributed by atoms with Gasteiger partial charge in [0.1, 0.15) is 0 Å². The number of thiazole rings is 1. The highest BCUT2D eigenvalue weighted by atomic mass is 79.9. The average Bonchev–Trinajstić information content (AvgIpc) is 2.61. The van der Waals surface area contributed by atoms with Crippen LogP contribution < -0.4 is 0 Å². The smallest absolute Gasteiger partial charge is 0.179 e. The third-order valence-corrected chi connectivity index (χ3v) is 4.35. The molecule has 0 spiro atoms. The molecular weight excluding hydrogens is 298 g/mol. The van der Waals surface area contributed by atoms with Crippen LogP contribution in [0.5, 0.6) is 0 Å². The lowest BCUT2D eigenvalue weighted by atomic mass is 10.1. The number of nitrogens with zero attached hydrogens (tertiary/aromatic N) is 1. The Morgan fingerprint density at radius 1 is 1.35 bits per heavy atom. The number of aromatic nitrogens is 1. The van der Waals surface area contributed by atoms with E-state index < -0.39 is 0 Å². The topological polar surface area (TPSA) is 30.0 Å². The number of benzene rings is 1. The molecule has 2 rings (SSSR count). The van der Waals surface area contributed by atoms with Gasteiger partial charge in [-0.05, 0) is 25.5 Å². The van der Waals surface area contributed by atoms with Gasteiger partial charge < -0.3 is 0 Å². The largest absolute Gasteiger partial charge is 0.293 e. The molecule has 17 heavy (non-hydrogen) atoms. The van der Waals surface area contributed by atoms with E-state index >= 15 is 0 Å². The number of ketones is 1. The number of hydrogen-bond acceptors (Lipinski definition) is 3. The van der Waals surface area contributed by atoms with Crippen LogP contribution in [0.1, 0.15) is 25.9 Å². The number of halogens is 1. The summed E-state index contributed by atoms with van der Waals surface area (Å²) in [6.45, 7) is 3.81. The Labute approximate surface area is 113 Å². The Balaban J connectivity index is 2.23. The zero-order valence-corrected chi connectivity index (χ0v) is 12.1. The van der Waals surface area contributed by atoms with Crippen LogP contribution in [0.15, 0.2) is 28.7 Å². The minimum atomic E-state index is 0.139. The van der Waals surface area contributed by atoms with E-state index in [2.05, 4.69) is 20.9 Å². The Morgan fingerprint density at radius 3 is 2.65 bits per heavy atom. The van der Waals surface area contributed by atoms with Crippen molar-refractivity contribution in [2.24, 2.45) is 0 Å². The first-order valence-corrected chi connectivity index (χ1v) is 6.89. The van der Waals surface area contributed by atoms with E-state index in [-0.39, 0.29) is 5.78 Å². The van der Waals surface area contributed by atoms with Crippen LogP contribution in [0, 0.1) is 13.8 Å². The van der Waals surface area contributed by atoms with E-state index in [0.29, 0.717) is 6.42 Å². The Morgan fingerprint density at radius 2 is 2.06 bits per heavy atom. The summed E-state index contributed by atoms with van der Waals surface area (Å²) in [4.78, 5) is 17.2. The molecule has 2 nitrogen and oxygen atoms in total. The van der Waals surface area contributed by atoms with Crippen molar-refractivity contribution >= 4 is 33.0 Å². The summed E-state index contributed by atoms with van der Waals surface area (Å²) in [5.41, 5.74) is 1.85. The maximum atomic E-state index is 12.2. The highest BCUT2D eigenvalue weighted by Crippen LogP contribution is 2.22. The first kappa shape index (κ1) is 12.5. The van der Waals surface area contributed by atoms with Gasteiger partial charge in [0.15, 0.2) is 5.78 Å². The molecule has 0 atom stereocenters. The fourth-order valence-corrected chi connectivity index (χ4v) is 2.97. The van der Waals surface area contributed by atoms with Gasteiger partial charge in [0.2, 0.25) is 0 Å². The van der Waals surface area contributed by atoms with E-state index in [9.17, 15) is 4.79 Å². The van der Waals surface area contributed by atoms with E-state index in [0.717, 1.165) is 25.6 Å². The number of carbonyl (C=O) groups excluding carboxylic acids is 1. The molecule has 2 aromatic rings. The molecule has 0 unspecified atom stereocenters. The average molecular weight is 310 g/mol. The number of hydrogen-bond donors (Lipinski definition) is 0. The van der Waals surface area contributed by atoms with Gasteiger partial charge in [-0.15, -0.1) is 11.3 Å². The van der Waals surface area contributed by atoms with E-state index in [4.69, 9.17) is 0 Å². The van der Waals surface area contributed by atoms with Gasteiger partial charge in [-0.1, -0.05) is 34.1 Å². The second-order valence-corrected chi connectivity index (χ2v) is 5.90. The first-order valence-electron chi connectivity index (χ1n) is 5.28. The highest BCUT2D eigenvalue weighted by Gasteiger charge is 2.15. The summed E-state index contributed by atoms with van der Waals surface area (Å²) in [5.74, 6) is 0.139. The van der Waals surface area contributed by atoms with Gasteiger partial charge in [-0.25, -0.2) is 4.98 Å². The molecule has 0 aliphatic rings. The second kappa shape index (κ2) is 5.10. The molecular formula is C13H12BrNOS. The third kappa shape index (κ3) is 2.82. The number of aryl methyl sites for hydroxylation is 2. The summed E-state index contributed by atoms with van der Waals surface area (Å²) in [6, 6.07) is 7.80. The van der Waals surface area contributed by atoms with E-state index in [1.807, 2.05) is 38.1 Å². The standard InChI is InChI=1S/C13H12BrNOS/c1-8-13(17-9(2)15-8)12(16)7-10-5-3-4-6-11(10)14/h3-6H,7H2,1-2H3. The summed E-state index contributed by atoms with van der Waals surface area (Å²) in [7, 11) is 0. The fraction of sp³-hybridized carbons (Fsp3) is 0.231. The van der Waals surface area contributed by atoms with Crippen molar-refractivity contribution in [3.63, 3.8) is 0 Å². The fourth-order valence-electron chi connectivity index (χ4n) is 1.69. The molecule has 0 aliphatic carbocycles. The predicted molar refractivity (Wildman–Crippen MR) is 73.8 cm³/mol. The molecule has 0 saturated carbocycles. The lowest BCUT2D eigenvalue weighted by Gasteiger charge is -2.02. The number of Topliss-reactive ketones (excluding diaryl/α,β-unsaturated/α-hetero) is 1. The van der Waals surface area contributed by atoms with Crippen molar-refractivity contribution in [3.05, 3.63) is 49.9 Å². The van der Waals surface area contributed by atoms with E-state index in [1.165, 1.54) is 11.3 Å². The Kier molecular flexibility index (Phi) is 3.74. The zero-order chi connectivity index (χ0) is 12.4. The molecule has 1 aromatic carbocycles. The molecule has 0 fully saturated rings. The number of rotatable bonds is 3. The molecule has 88 valence electrons. The molecule has 0 saturated heterocycles. The van der Waals surface area contributed by atoms with Gasteiger partial charge in [-0.3, -0.25) is 4.79 Å². The second-order valence-electron chi connectivity index (χ2n) is 3.84. The molecule has 0 N–H and O–H groups in total. The minimum Gasteiger partial charge on any atom is -0.293 e. The molecule has 1 aromatic heterocycles. The van der Waals surface area contributed by atoms with Crippen molar-refractivity contribution in [1.82, 2.24) is 4.98 Å². The van der Waals surface area contributed by atoms with Crippen molar-refractivity contribution in [1.29, 1.82) is 0 Å². The summed E-state index contributed by atoms with van der Waals surface area (Å²) in [6.07, 6.45) is 0.421. The Hall–Kier alpha value is -1.000. The van der Waals surface area contributed by atoms with Crippen LogP contribution in [-0.4, -0.2) is 10.8 Å². The van der Waals surface area contributed by atoms with Gasteiger partial charge in [0.25, 0.3) is 0 Å². The maximum absolute atomic E-state index is 12.2. The zero-order valence-electron chi connectivity index (χ0n) is 9.66. The van der Waals surface area contributed by atoms with Gasteiger partial charge in [-0.2, -0.15) is 0 Å². The highest BCUT2D eigenvalue weighted by molar-refractivity contribution is 9.10. The van der Waals surface area contributed by atoms with Crippen LogP contribution in [0.3, 0.4) is 0 Å². The van der Waals surface area contributed by atoms with Crippen molar-refractivity contribution in [3.8, 4) is 0 Å². The molecule has 0 aliphatic heterocycles. The molecule has 1 heterocycles. The monoisotopic (exact) mass is 309 g/mol. The maximum Gasteiger partial charge on any atom is 0.179 e. The quantitative estimate of drug-likeness (QED) is 0.804. The summed E-state index contributed by atoms with van der Waals surface area (Å²) in [5, 5.41) is 0.943. The summed E-state index contributed by atoms with van der Waals surface area (Å²) < 4.78 is 0.979. The van der Waals surface area contributed by atoms with Gasteiger partial charge in [0, 0.05) is 10.9 Å². The third-order valence-electron chi connectivity index (χ3n) is 2.47. The van der Waals surface area contributed by atoms with Crippen LogP contribution in [0.2, 0.25) is 0 Å². The summed E-state index contributed by atoms with van der Waals surface area (Å²) >= 11 is 4.93. The molecule has 0 amide bonds. The lowest BCUT2D eigenvalue weighted by Crippen LogP contribution is -2.03. The first-order chi connectivity index (χ1) is 8.08. The van der Waals surface area contributed by atoms with Crippen molar-refractivity contribution in [2.75, 3.05) is 0 Å². The minimum absolute atomic E-state index is 0.139. The number of carbonyl (C=O) groups is 1. The van der Waals surface area contributed by atoms with E-state index in [1.54, 1.807) is 0 Å². The van der Waals surface area contributed by atoms with Crippen molar-refractivity contribution < 1.29 is 4.79 Å². The van der Waals surface area contributed by atoms with Gasteiger partial charge >= 0.3 is 0 Å². The normalized spacial score (nSPS) is 10.5.